The first-order valence-corrected chi connectivity index (χ1v) is 6.26. The van der Waals surface area contributed by atoms with Crippen molar-refractivity contribution in [3.05, 3.63) is 47.0 Å². The Hall–Kier alpha value is -2.08. The number of hydrogen-bond acceptors (Lipinski definition) is 3. The van der Waals surface area contributed by atoms with Crippen molar-refractivity contribution < 1.29 is 17.9 Å². The van der Waals surface area contributed by atoms with Crippen LogP contribution >= 0.6 is 11.6 Å². The molecule has 2 aromatic rings. The smallest absolute Gasteiger partial charge is 0.416 e. The van der Waals surface area contributed by atoms with Gasteiger partial charge in [0.2, 0.25) is 0 Å². The summed E-state index contributed by atoms with van der Waals surface area (Å²) in [6, 6.07) is 7.83. The maximum atomic E-state index is 12.7. The summed E-state index contributed by atoms with van der Waals surface area (Å²) < 4.78 is 43.2. The number of halogens is 4. The summed E-state index contributed by atoms with van der Waals surface area (Å²) in [5.74, 6) is 0.487. The van der Waals surface area contributed by atoms with Crippen LogP contribution in [0.4, 0.5) is 30.2 Å². The second-order valence-electron chi connectivity index (χ2n) is 4.31. The second-order valence-corrected chi connectivity index (χ2v) is 4.72. The quantitative estimate of drug-likeness (QED) is 0.807. The first-order chi connectivity index (χ1) is 9.79. The van der Waals surface area contributed by atoms with Crippen LogP contribution in [-0.4, -0.2) is 7.11 Å². The van der Waals surface area contributed by atoms with Gasteiger partial charge >= 0.3 is 6.18 Å². The number of rotatable bonds is 3. The normalized spacial score (nSPS) is 11.3. The van der Waals surface area contributed by atoms with E-state index in [1.54, 1.807) is 18.2 Å². The van der Waals surface area contributed by atoms with Gasteiger partial charge in [-0.1, -0.05) is 11.6 Å². The molecule has 0 heterocycles. The first kappa shape index (κ1) is 15.3. The van der Waals surface area contributed by atoms with Crippen LogP contribution in [0.1, 0.15) is 5.56 Å². The van der Waals surface area contributed by atoms with E-state index >= 15 is 0 Å². The Balaban J connectivity index is 2.37. The lowest BCUT2D eigenvalue weighted by Gasteiger charge is -2.13. The van der Waals surface area contributed by atoms with Crippen molar-refractivity contribution in [3.63, 3.8) is 0 Å². The van der Waals surface area contributed by atoms with Gasteiger partial charge in [0, 0.05) is 23.5 Å². The van der Waals surface area contributed by atoms with Gasteiger partial charge in [-0.05, 0) is 24.3 Å². The topological polar surface area (TPSA) is 47.3 Å². The predicted octanol–water partition coefficient (Wildman–Crippen LogP) is 4.69. The van der Waals surface area contributed by atoms with E-state index in [0.29, 0.717) is 17.1 Å². The van der Waals surface area contributed by atoms with E-state index in [9.17, 15) is 13.2 Å². The van der Waals surface area contributed by atoms with Gasteiger partial charge < -0.3 is 15.8 Å². The monoisotopic (exact) mass is 316 g/mol. The number of hydrogen-bond donors (Lipinski definition) is 2. The van der Waals surface area contributed by atoms with Crippen LogP contribution in [0.15, 0.2) is 36.4 Å². The fourth-order valence-corrected chi connectivity index (χ4v) is 1.93. The molecule has 0 fully saturated rings. The molecule has 3 nitrogen and oxygen atoms in total. The molecule has 0 amide bonds. The first-order valence-electron chi connectivity index (χ1n) is 5.88. The van der Waals surface area contributed by atoms with E-state index < -0.39 is 11.7 Å². The standard InChI is InChI=1S/C14H12ClF3N2O/c1-21-11-6-9(19)5-10(7-11)20-13-4-8(14(16,17)18)2-3-12(13)15/h2-7,20H,19H2,1H3. The minimum Gasteiger partial charge on any atom is -0.497 e. The Morgan fingerprint density at radius 2 is 1.86 bits per heavy atom. The third kappa shape index (κ3) is 3.72. The zero-order valence-corrected chi connectivity index (χ0v) is 11.7. The molecule has 0 aromatic heterocycles. The van der Waals surface area contributed by atoms with Crippen molar-refractivity contribution in [3.8, 4) is 5.75 Å². The van der Waals surface area contributed by atoms with Gasteiger partial charge in [0.05, 0.1) is 23.4 Å². The number of methoxy groups -OCH3 is 1. The molecule has 0 saturated heterocycles. The summed E-state index contributed by atoms with van der Waals surface area (Å²) in [5, 5.41) is 2.98. The molecular formula is C14H12ClF3N2O. The molecular weight excluding hydrogens is 305 g/mol. The molecule has 0 unspecified atom stereocenters. The average Bonchev–Trinajstić information content (AvgIpc) is 2.39. The van der Waals surface area contributed by atoms with Crippen LogP contribution in [0.5, 0.6) is 5.75 Å². The Morgan fingerprint density at radius 3 is 2.48 bits per heavy atom. The van der Waals surface area contributed by atoms with Gasteiger partial charge in [-0.3, -0.25) is 0 Å². The summed E-state index contributed by atoms with van der Waals surface area (Å²) in [5.41, 5.74) is 5.94. The summed E-state index contributed by atoms with van der Waals surface area (Å²) >= 11 is 5.92. The van der Waals surface area contributed by atoms with E-state index in [-0.39, 0.29) is 10.7 Å². The van der Waals surface area contributed by atoms with Gasteiger partial charge in [0.15, 0.2) is 0 Å². The lowest BCUT2D eigenvalue weighted by molar-refractivity contribution is -0.137. The molecule has 0 saturated carbocycles. The summed E-state index contributed by atoms with van der Waals surface area (Å²) in [6.45, 7) is 0. The van der Waals surface area contributed by atoms with E-state index in [1.807, 2.05) is 0 Å². The zero-order chi connectivity index (χ0) is 15.6. The minimum atomic E-state index is -4.44. The van der Waals surface area contributed by atoms with Crippen LogP contribution in [0.25, 0.3) is 0 Å². The third-order valence-electron chi connectivity index (χ3n) is 2.74. The van der Waals surface area contributed by atoms with Crippen LogP contribution in [-0.2, 0) is 6.18 Å². The Labute approximate surface area is 124 Å². The highest BCUT2D eigenvalue weighted by molar-refractivity contribution is 6.33. The third-order valence-corrected chi connectivity index (χ3v) is 3.07. The highest BCUT2D eigenvalue weighted by Gasteiger charge is 2.30. The molecule has 0 radical (unpaired) electrons. The van der Waals surface area contributed by atoms with Crippen molar-refractivity contribution in [1.82, 2.24) is 0 Å². The average molecular weight is 317 g/mol. The molecule has 2 rings (SSSR count). The SMILES string of the molecule is COc1cc(N)cc(Nc2cc(C(F)(F)F)ccc2Cl)c1. The van der Waals surface area contributed by atoms with Gasteiger partial charge in [0.25, 0.3) is 0 Å². The van der Waals surface area contributed by atoms with Crippen molar-refractivity contribution in [2.45, 2.75) is 6.18 Å². The predicted molar refractivity (Wildman–Crippen MR) is 77.1 cm³/mol. The van der Waals surface area contributed by atoms with E-state index in [4.69, 9.17) is 22.1 Å². The molecule has 0 bridgehead atoms. The number of nitrogens with two attached hydrogens (primary N) is 1. The molecule has 3 N–H and O–H groups in total. The lowest BCUT2D eigenvalue weighted by Crippen LogP contribution is -2.05. The molecule has 0 aliphatic rings. The van der Waals surface area contributed by atoms with E-state index in [1.165, 1.54) is 13.2 Å². The number of benzene rings is 2. The van der Waals surface area contributed by atoms with Gasteiger partial charge in [-0.15, -0.1) is 0 Å². The Kier molecular flexibility index (Phi) is 4.18. The molecule has 2 aromatic carbocycles. The number of anilines is 3. The molecule has 7 heteroatoms. The Morgan fingerprint density at radius 1 is 1.14 bits per heavy atom. The molecule has 0 aliphatic carbocycles. The minimum absolute atomic E-state index is 0.138. The van der Waals surface area contributed by atoms with Crippen LogP contribution in [0.3, 0.4) is 0 Å². The number of nitrogens with one attached hydrogen (secondary N) is 1. The van der Waals surface area contributed by atoms with Gasteiger partial charge in [-0.25, -0.2) is 0 Å². The largest absolute Gasteiger partial charge is 0.497 e. The van der Waals surface area contributed by atoms with Crippen molar-refractivity contribution >= 4 is 28.7 Å². The maximum absolute atomic E-state index is 12.7. The van der Waals surface area contributed by atoms with E-state index in [2.05, 4.69) is 5.32 Å². The highest BCUT2D eigenvalue weighted by atomic mass is 35.5. The molecule has 0 spiro atoms. The lowest BCUT2D eigenvalue weighted by atomic mass is 10.2. The van der Waals surface area contributed by atoms with E-state index in [0.717, 1.165) is 12.1 Å². The molecule has 21 heavy (non-hydrogen) atoms. The summed E-state index contributed by atoms with van der Waals surface area (Å²) in [4.78, 5) is 0. The summed E-state index contributed by atoms with van der Waals surface area (Å²) in [7, 11) is 1.47. The van der Waals surface area contributed by atoms with Crippen LogP contribution in [0, 0.1) is 0 Å². The summed E-state index contributed by atoms with van der Waals surface area (Å²) in [6.07, 6.45) is -4.44. The van der Waals surface area contributed by atoms with Gasteiger partial charge in [-0.2, -0.15) is 13.2 Å². The highest BCUT2D eigenvalue weighted by Crippen LogP contribution is 2.35. The maximum Gasteiger partial charge on any atom is 0.416 e. The van der Waals surface area contributed by atoms with Gasteiger partial charge in [0.1, 0.15) is 5.75 Å². The van der Waals surface area contributed by atoms with Crippen molar-refractivity contribution in [1.29, 1.82) is 0 Å². The second kappa shape index (κ2) is 5.73. The fourth-order valence-electron chi connectivity index (χ4n) is 1.77. The number of nitrogen functional groups attached to an aromatic ring is 1. The van der Waals surface area contributed by atoms with Crippen LogP contribution in [0.2, 0.25) is 5.02 Å². The van der Waals surface area contributed by atoms with Crippen molar-refractivity contribution in [2.24, 2.45) is 0 Å². The fraction of sp³-hybridized carbons (Fsp3) is 0.143. The number of alkyl halides is 3. The Bertz CT molecular complexity index is 659. The molecule has 0 atom stereocenters. The number of ether oxygens (including phenoxy) is 1. The zero-order valence-electron chi connectivity index (χ0n) is 11.0. The van der Waals surface area contributed by atoms with Crippen LogP contribution < -0.4 is 15.8 Å². The van der Waals surface area contributed by atoms with Crippen molar-refractivity contribution in [2.75, 3.05) is 18.2 Å². The molecule has 112 valence electrons. The molecule has 0 aliphatic heterocycles.